The highest BCUT2D eigenvalue weighted by atomic mass is 16.2. The summed E-state index contributed by atoms with van der Waals surface area (Å²) in [6.45, 7) is 5.50. The lowest BCUT2D eigenvalue weighted by Gasteiger charge is -2.12. The summed E-state index contributed by atoms with van der Waals surface area (Å²) >= 11 is 0. The summed E-state index contributed by atoms with van der Waals surface area (Å²) < 4.78 is 0. The van der Waals surface area contributed by atoms with E-state index >= 15 is 0 Å². The molecule has 0 spiro atoms. The number of benzene rings is 1. The van der Waals surface area contributed by atoms with Gasteiger partial charge in [-0.05, 0) is 25.0 Å². The monoisotopic (exact) mass is 233 g/mol. The maximum atomic E-state index is 11.7. The molecule has 0 saturated carbocycles. The van der Waals surface area contributed by atoms with Crippen molar-refractivity contribution in [3.63, 3.8) is 0 Å². The lowest BCUT2D eigenvalue weighted by molar-refractivity contribution is -0.126. The van der Waals surface area contributed by atoms with E-state index in [1.54, 1.807) is 13.8 Å². The number of ketones is 1. The molecule has 17 heavy (non-hydrogen) atoms. The number of nitrogens with one attached hydrogen (secondary N) is 1. The topological polar surface area (TPSA) is 46.2 Å². The lowest BCUT2D eigenvalue weighted by Crippen LogP contribution is -2.39. The second-order valence-corrected chi connectivity index (χ2v) is 4.21. The molecular weight excluding hydrogens is 214 g/mol. The molecule has 1 atom stereocenters. The van der Waals surface area contributed by atoms with Crippen molar-refractivity contribution in [1.82, 2.24) is 5.32 Å². The molecule has 3 heteroatoms. The second kappa shape index (κ2) is 6.18. The van der Waals surface area contributed by atoms with Gasteiger partial charge in [-0.3, -0.25) is 9.59 Å². The summed E-state index contributed by atoms with van der Waals surface area (Å²) in [5.74, 6) is -0.0447. The van der Waals surface area contributed by atoms with Crippen LogP contribution in [0.5, 0.6) is 0 Å². The number of carbonyl (C=O) groups excluding carboxylic acids is 2. The van der Waals surface area contributed by atoms with Crippen LogP contribution in [0.1, 0.15) is 31.4 Å². The molecule has 0 saturated heterocycles. The molecule has 3 nitrogen and oxygen atoms in total. The van der Waals surface area contributed by atoms with Gasteiger partial charge in [-0.1, -0.05) is 31.2 Å². The largest absolute Gasteiger partial charge is 0.346 e. The Morgan fingerprint density at radius 1 is 1.29 bits per heavy atom. The number of hydrogen-bond acceptors (Lipinski definition) is 2. The molecule has 1 aromatic rings. The first-order chi connectivity index (χ1) is 8.04. The van der Waals surface area contributed by atoms with E-state index in [-0.39, 0.29) is 11.7 Å². The predicted molar refractivity (Wildman–Crippen MR) is 67.8 cm³/mol. The average molecular weight is 233 g/mol. The second-order valence-electron chi connectivity index (χ2n) is 4.21. The van der Waals surface area contributed by atoms with Gasteiger partial charge in [-0.2, -0.15) is 0 Å². The van der Waals surface area contributed by atoms with E-state index in [1.165, 1.54) is 0 Å². The molecule has 0 fully saturated rings. The molecule has 0 aliphatic heterocycles. The van der Waals surface area contributed by atoms with Gasteiger partial charge in [0.1, 0.15) is 0 Å². The molecule has 0 aromatic heterocycles. The van der Waals surface area contributed by atoms with Crippen LogP contribution in [0.3, 0.4) is 0 Å². The van der Waals surface area contributed by atoms with Gasteiger partial charge in [0.15, 0.2) is 5.78 Å². The fourth-order valence-corrected chi connectivity index (χ4v) is 1.66. The van der Waals surface area contributed by atoms with Gasteiger partial charge in [-0.15, -0.1) is 0 Å². The molecule has 0 heterocycles. The molecule has 1 amide bonds. The van der Waals surface area contributed by atoms with Crippen molar-refractivity contribution >= 4 is 11.7 Å². The van der Waals surface area contributed by atoms with E-state index in [4.69, 9.17) is 0 Å². The highest BCUT2D eigenvalue weighted by Crippen LogP contribution is 2.07. The van der Waals surface area contributed by atoms with E-state index in [0.717, 1.165) is 11.1 Å². The number of rotatable bonds is 5. The zero-order valence-electron chi connectivity index (χ0n) is 10.6. The zero-order valence-corrected chi connectivity index (χ0v) is 10.6. The molecule has 1 aromatic carbocycles. The minimum Gasteiger partial charge on any atom is -0.346 e. The quantitative estimate of drug-likeness (QED) is 0.845. The minimum absolute atomic E-state index is 0.0585. The first-order valence-corrected chi connectivity index (χ1v) is 5.91. The van der Waals surface area contributed by atoms with Crippen molar-refractivity contribution in [2.75, 3.05) is 0 Å². The Labute approximate surface area is 102 Å². The molecular formula is C14H19NO2. The summed E-state index contributed by atoms with van der Waals surface area (Å²) in [4.78, 5) is 23.1. The first kappa shape index (κ1) is 13.4. The lowest BCUT2D eigenvalue weighted by atomic mass is 10.1. The molecule has 0 aliphatic rings. The van der Waals surface area contributed by atoms with Crippen molar-refractivity contribution in [3.05, 3.63) is 35.4 Å². The van der Waals surface area contributed by atoms with Crippen LogP contribution < -0.4 is 5.32 Å². The van der Waals surface area contributed by atoms with Crippen LogP contribution in [0, 0.1) is 6.92 Å². The summed E-state index contributed by atoms with van der Waals surface area (Å²) in [7, 11) is 0. The first-order valence-electron chi connectivity index (χ1n) is 5.91. The van der Waals surface area contributed by atoms with Crippen molar-refractivity contribution in [1.29, 1.82) is 0 Å². The Morgan fingerprint density at radius 2 is 1.94 bits per heavy atom. The summed E-state index contributed by atoms with van der Waals surface area (Å²) in [5, 5.41) is 2.72. The molecule has 1 N–H and O–H groups in total. The van der Waals surface area contributed by atoms with Gasteiger partial charge in [0, 0.05) is 6.42 Å². The van der Waals surface area contributed by atoms with Crippen molar-refractivity contribution in [2.45, 2.75) is 39.7 Å². The Bertz CT molecular complexity index is 412. The highest BCUT2D eigenvalue weighted by Gasteiger charge is 2.14. The Balaban J connectivity index is 2.56. The molecule has 0 bridgehead atoms. The number of hydrogen-bond donors (Lipinski definition) is 1. The van der Waals surface area contributed by atoms with Gasteiger partial charge < -0.3 is 5.32 Å². The third-order valence-corrected chi connectivity index (χ3v) is 2.82. The van der Waals surface area contributed by atoms with Gasteiger partial charge in [0.25, 0.3) is 0 Å². The van der Waals surface area contributed by atoms with E-state index in [1.807, 2.05) is 31.2 Å². The highest BCUT2D eigenvalue weighted by molar-refractivity contribution is 5.89. The van der Waals surface area contributed by atoms with Crippen LogP contribution in [0.4, 0.5) is 0 Å². The van der Waals surface area contributed by atoms with Crippen LogP contribution in [0.15, 0.2) is 24.3 Å². The smallest absolute Gasteiger partial charge is 0.225 e. The van der Waals surface area contributed by atoms with Gasteiger partial charge >= 0.3 is 0 Å². The normalized spacial score (nSPS) is 11.9. The summed E-state index contributed by atoms with van der Waals surface area (Å²) in [6.07, 6.45) is 0.778. The number of carbonyl (C=O) groups is 2. The van der Waals surface area contributed by atoms with Crippen molar-refractivity contribution in [2.24, 2.45) is 0 Å². The fraction of sp³-hybridized carbons (Fsp3) is 0.429. The maximum absolute atomic E-state index is 11.7. The van der Waals surface area contributed by atoms with Crippen LogP contribution in [0.25, 0.3) is 0 Å². The molecule has 0 radical (unpaired) electrons. The maximum Gasteiger partial charge on any atom is 0.225 e. The molecule has 0 aliphatic carbocycles. The SMILES string of the molecule is CCC(=O)C(C)NC(=O)Cc1ccccc1C. The Morgan fingerprint density at radius 3 is 2.53 bits per heavy atom. The third kappa shape index (κ3) is 4.02. The van der Waals surface area contributed by atoms with E-state index < -0.39 is 6.04 Å². The van der Waals surface area contributed by atoms with Crippen LogP contribution >= 0.6 is 0 Å². The third-order valence-electron chi connectivity index (χ3n) is 2.82. The Hall–Kier alpha value is -1.64. The van der Waals surface area contributed by atoms with Gasteiger partial charge in [0.2, 0.25) is 5.91 Å². The van der Waals surface area contributed by atoms with E-state index in [9.17, 15) is 9.59 Å². The van der Waals surface area contributed by atoms with Crippen LogP contribution in [-0.4, -0.2) is 17.7 Å². The van der Waals surface area contributed by atoms with E-state index in [0.29, 0.717) is 12.8 Å². The van der Waals surface area contributed by atoms with Gasteiger partial charge in [-0.25, -0.2) is 0 Å². The van der Waals surface area contributed by atoms with E-state index in [2.05, 4.69) is 5.32 Å². The number of aryl methyl sites for hydroxylation is 1. The molecule has 1 rings (SSSR count). The minimum atomic E-state index is -0.392. The predicted octanol–water partition coefficient (Wildman–Crippen LogP) is 2.02. The molecule has 92 valence electrons. The van der Waals surface area contributed by atoms with Crippen LogP contribution in [-0.2, 0) is 16.0 Å². The van der Waals surface area contributed by atoms with Crippen LogP contribution in [0.2, 0.25) is 0 Å². The van der Waals surface area contributed by atoms with Crippen molar-refractivity contribution < 1.29 is 9.59 Å². The zero-order chi connectivity index (χ0) is 12.8. The standard InChI is InChI=1S/C14H19NO2/c1-4-13(16)11(3)15-14(17)9-12-8-6-5-7-10(12)2/h5-8,11H,4,9H2,1-3H3,(H,15,17). The number of amides is 1. The molecule has 1 unspecified atom stereocenters. The van der Waals surface area contributed by atoms with Gasteiger partial charge in [0.05, 0.1) is 12.5 Å². The average Bonchev–Trinajstić information content (AvgIpc) is 2.31. The summed E-state index contributed by atoms with van der Waals surface area (Å²) in [6, 6.07) is 7.37. The van der Waals surface area contributed by atoms with Crippen molar-refractivity contribution in [3.8, 4) is 0 Å². The fourth-order valence-electron chi connectivity index (χ4n) is 1.66. The summed E-state index contributed by atoms with van der Waals surface area (Å²) in [5.41, 5.74) is 2.10. The Kier molecular flexibility index (Phi) is 4.88. The number of Topliss-reactive ketones (excluding diaryl/α,β-unsaturated/α-hetero) is 1.